The van der Waals surface area contributed by atoms with E-state index in [4.69, 9.17) is 18.9 Å². The Hall–Kier alpha value is -4.43. The Labute approximate surface area is 227 Å². The summed E-state index contributed by atoms with van der Waals surface area (Å²) in [6.07, 6.45) is 3.76. The summed E-state index contributed by atoms with van der Waals surface area (Å²) in [5.74, 6) is -0.613. The highest BCUT2D eigenvalue weighted by Gasteiger charge is 2.14. The van der Waals surface area contributed by atoms with Gasteiger partial charge in [-0.3, -0.25) is 0 Å². The topological polar surface area (TPSA) is 108 Å². The molecule has 204 valence electrons. The summed E-state index contributed by atoms with van der Waals surface area (Å²) < 4.78 is 21.2. The fraction of sp³-hybridized carbons (Fsp3) is 0.258. The zero-order valence-electron chi connectivity index (χ0n) is 21.6. The number of hydrogen-bond acceptors (Lipinski definition) is 8. The average molecular weight is 533 g/mol. The van der Waals surface area contributed by atoms with Gasteiger partial charge in [-0.15, -0.1) is 0 Å². The summed E-state index contributed by atoms with van der Waals surface area (Å²) in [7, 11) is 0. The molecule has 39 heavy (non-hydrogen) atoms. The molecule has 0 aromatic heterocycles. The Kier molecular flexibility index (Phi) is 11.8. The lowest BCUT2D eigenvalue weighted by Gasteiger charge is -2.12. The standard InChI is InChI=1S/C31H32O8/c1-2-29(33)37-21-9-4-3-8-20-36-26-16-12-25(13-17-26)31(35)39-27-18-14-24(15-19-27)30(34)38-22-28(32)23-10-6-5-7-11-23/h2,5-7,10-19,28,32H,1,3-4,8-9,20-22H2. The number of aliphatic hydroxyl groups is 1. The number of ether oxygens (including phenoxy) is 4. The van der Waals surface area contributed by atoms with Crippen molar-refractivity contribution in [3.63, 3.8) is 0 Å². The van der Waals surface area contributed by atoms with Gasteiger partial charge in [-0.25, -0.2) is 14.4 Å². The van der Waals surface area contributed by atoms with Gasteiger partial charge in [-0.05, 0) is 79.8 Å². The molecule has 3 aromatic carbocycles. The zero-order chi connectivity index (χ0) is 27.9. The van der Waals surface area contributed by atoms with Crippen molar-refractivity contribution in [1.82, 2.24) is 0 Å². The molecule has 0 aliphatic heterocycles. The predicted octanol–water partition coefficient (Wildman–Crippen LogP) is 5.46. The molecular formula is C31H32O8. The third-order valence-electron chi connectivity index (χ3n) is 5.67. The van der Waals surface area contributed by atoms with Gasteiger partial charge in [0.2, 0.25) is 0 Å². The molecule has 0 aliphatic rings. The van der Waals surface area contributed by atoms with Crippen molar-refractivity contribution in [3.8, 4) is 11.5 Å². The monoisotopic (exact) mass is 532 g/mol. The van der Waals surface area contributed by atoms with Crippen molar-refractivity contribution in [2.75, 3.05) is 19.8 Å². The molecule has 0 heterocycles. The molecule has 0 radical (unpaired) electrons. The fourth-order valence-electron chi connectivity index (χ4n) is 3.50. The van der Waals surface area contributed by atoms with Crippen LogP contribution in [0.15, 0.2) is 91.5 Å². The Morgan fingerprint density at radius 1 is 0.718 bits per heavy atom. The van der Waals surface area contributed by atoms with Crippen molar-refractivity contribution < 1.29 is 38.4 Å². The SMILES string of the molecule is C=CC(=O)OCCCCCCOc1ccc(C(=O)Oc2ccc(C(=O)OCC(O)c3ccccc3)cc2)cc1. The van der Waals surface area contributed by atoms with Crippen LogP contribution in [0, 0.1) is 0 Å². The Morgan fingerprint density at radius 3 is 1.95 bits per heavy atom. The minimum Gasteiger partial charge on any atom is -0.494 e. The van der Waals surface area contributed by atoms with Crippen molar-refractivity contribution in [2.45, 2.75) is 31.8 Å². The van der Waals surface area contributed by atoms with Gasteiger partial charge in [0.05, 0.1) is 24.3 Å². The molecule has 8 heteroatoms. The van der Waals surface area contributed by atoms with Crippen LogP contribution < -0.4 is 9.47 Å². The lowest BCUT2D eigenvalue weighted by atomic mass is 10.1. The third-order valence-corrected chi connectivity index (χ3v) is 5.67. The molecule has 0 saturated heterocycles. The average Bonchev–Trinajstić information content (AvgIpc) is 2.98. The summed E-state index contributed by atoms with van der Waals surface area (Å²) in [5.41, 5.74) is 1.28. The minimum absolute atomic E-state index is 0.172. The number of carbonyl (C=O) groups is 3. The van der Waals surface area contributed by atoms with Crippen LogP contribution in [0.1, 0.15) is 58.1 Å². The van der Waals surface area contributed by atoms with Crippen LogP contribution in [0.4, 0.5) is 0 Å². The molecule has 8 nitrogen and oxygen atoms in total. The van der Waals surface area contributed by atoms with Crippen LogP contribution in [0.2, 0.25) is 0 Å². The van der Waals surface area contributed by atoms with E-state index < -0.39 is 24.0 Å². The van der Waals surface area contributed by atoms with Gasteiger partial charge in [0.25, 0.3) is 0 Å². The van der Waals surface area contributed by atoms with Crippen LogP contribution in [0.25, 0.3) is 0 Å². The molecule has 0 spiro atoms. The van der Waals surface area contributed by atoms with Crippen LogP contribution in [0.3, 0.4) is 0 Å². The molecule has 0 aliphatic carbocycles. The maximum atomic E-state index is 12.5. The van der Waals surface area contributed by atoms with Gasteiger partial charge in [-0.1, -0.05) is 36.9 Å². The largest absolute Gasteiger partial charge is 0.494 e. The van der Waals surface area contributed by atoms with E-state index in [1.165, 1.54) is 24.3 Å². The molecule has 1 atom stereocenters. The number of unbranched alkanes of at least 4 members (excludes halogenated alkanes) is 3. The molecule has 0 saturated carbocycles. The molecule has 0 bridgehead atoms. The van der Waals surface area contributed by atoms with Crippen LogP contribution in [-0.4, -0.2) is 42.8 Å². The second-order valence-electron chi connectivity index (χ2n) is 8.60. The minimum atomic E-state index is -0.917. The molecule has 0 fully saturated rings. The van der Waals surface area contributed by atoms with Crippen molar-refractivity contribution in [3.05, 3.63) is 108 Å². The maximum absolute atomic E-state index is 12.5. The van der Waals surface area contributed by atoms with E-state index in [0.29, 0.717) is 30.1 Å². The van der Waals surface area contributed by atoms with Crippen molar-refractivity contribution >= 4 is 17.9 Å². The first kappa shape index (κ1) is 29.1. The van der Waals surface area contributed by atoms with E-state index >= 15 is 0 Å². The number of rotatable bonds is 15. The van der Waals surface area contributed by atoms with E-state index in [2.05, 4.69) is 6.58 Å². The Bertz CT molecular complexity index is 1200. The van der Waals surface area contributed by atoms with Crippen LogP contribution in [-0.2, 0) is 14.3 Å². The predicted molar refractivity (Wildman–Crippen MR) is 145 cm³/mol. The third kappa shape index (κ3) is 10.1. The number of benzene rings is 3. The second-order valence-corrected chi connectivity index (χ2v) is 8.60. The second kappa shape index (κ2) is 15.7. The fourth-order valence-corrected chi connectivity index (χ4v) is 3.50. The lowest BCUT2D eigenvalue weighted by Crippen LogP contribution is -2.13. The highest BCUT2D eigenvalue weighted by Crippen LogP contribution is 2.18. The summed E-state index contributed by atoms with van der Waals surface area (Å²) in [5, 5.41) is 10.1. The Morgan fingerprint density at radius 2 is 1.31 bits per heavy atom. The highest BCUT2D eigenvalue weighted by molar-refractivity contribution is 5.92. The highest BCUT2D eigenvalue weighted by atomic mass is 16.5. The van der Waals surface area contributed by atoms with Gasteiger partial charge in [0, 0.05) is 6.08 Å². The number of hydrogen-bond donors (Lipinski definition) is 1. The van der Waals surface area contributed by atoms with Gasteiger partial charge in [-0.2, -0.15) is 0 Å². The smallest absolute Gasteiger partial charge is 0.343 e. The normalized spacial score (nSPS) is 11.2. The first-order chi connectivity index (χ1) is 19.0. The van der Waals surface area contributed by atoms with Gasteiger partial charge >= 0.3 is 17.9 Å². The lowest BCUT2D eigenvalue weighted by molar-refractivity contribution is -0.137. The summed E-state index contributed by atoms with van der Waals surface area (Å²) in [4.78, 5) is 35.7. The zero-order valence-corrected chi connectivity index (χ0v) is 21.6. The van der Waals surface area contributed by atoms with E-state index in [1.54, 1.807) is 48.5 Å². The van der Waals surface area contributed by atoms with E-state index in [1.807, 2.05) is 6.07 Å². The van der Waals surface area contributed by atoms with Crippen molar-refractivity contribution in [2.24, 2.45) is 0 Å². The molecule has 1 unspecified atom stereocenters. The van der Waals surface area contributed by atoms with Crippen LogP contribution in [0.5, 0.6) is 11.5 Å². The first-order valence-electron chi connectivity index (χ1n) is 12.7. The number of aliphatic hydroxyl groups excluding tert-OH is 1. The molecule has 3 rings (SSSR count). The summed E-state index contributed by atoms with van der Waals surface area (Å²) >= 11 is 0. The van der Waals surface area contributed by atoms with E-state index in [0.717, 1.165) is 31.8 Å². The van der Waals surface area contributed by atoms with E-state index in [9.17, 15) is 19.5 Å². The van der Waals surface area contributed by atoms with Gasteiger partial charge in [0.15, 0.2) is 0 Å². The van der Waals surface area contributed by atoms with Crippen LogP contribution >= 0.6 is 0 Å². The number of carbonyl (C=O) groups excluding carboxylic acids is 3. The summed E-state index contributed by atoms with van der Waals surface area (Å²) in [6.45, 7) is 4.10. The molecule has 1 N–H and O–H groups in total. The Balaban J connectivity index is 1.36. The van der Waals surface area contributed by atoms with Crippen molar-refractivity contribution in [1.29, 1.82) is 0 Å². The molecule has 0 amide bonds. The molecule has 3 aromatic rings. The molecular weight excluding hydrogens is 500 g/mol. The quantitative estimate of drug-likeness (QED) is 0.119. The number of esters is 3. The maximum Gasteiger partial charge on any atom is 0.343 e. The van der Waals surface area contributed by atoms with E-state index in [-0.39, 0.29) is 17.9 Å². The van der Waals surface area contributed by atoms with Gasteiger partial charge in [0.1, 0.15) is 24.2 Å². The summed E-state index contributed by atoms with van der Waals surface area (Å²) in [6, 6.07) is 21.6. The first-order valence-corrected chi connectivity index (χ1v) is 12.7. The van der Waals surface area contributed by atoms with Gasteiger partial charge < -0.3 is 24.1 Å².